The molecule has 0 aromatic heterocycles. The Bertz CT molecular complexity index is 1080. The van der Waals surface area contributed by atoms with Gasteiger partial charge < -0.3 is 18.9 Å². The zero-order valence-corrected chi connectivity index (χ0v) is 20.2. The second-order valence-corrected chi connectivity index (χ2v) is 9.29. The number of ether oxygens (including phenoxy) is 4. The van der Waals surface area contributed by atoms with Crippen LogP contribution in [0.3, 0.4) is 0 Å². The van der Waals surface area contributed by atoms with Crippen molar-refractivity contribution in [1.29, 1.82) is 0 Å². The van der Waals surface area contributed by atoms with Gasteiger partial charge in [-0.15, -0.1) is 0 Å². The number of halogens is 1. The highest BCUT2D eigenvalue weighted by Gasteiger charge is 2.33. The lowest BCUT2D eigenvalue weighted by molar-refractivity contribution is 0.0329. The van der Waals surface area contributed by atoms with Crippen molar-refractivity contribution in [3.05, 3.63) is 57.3 Å². The molecule has 0 saturated carbocycles. The van der Waals surface area contributed by atoms with Crippen LogP contribution in [0.2, 0.25) is 0 Å². The highest BCUT2D eigenvalue weighted by molar-refractivity contribution is 9.10. The van der Waals surface area contributed by atoms with Crippen molar-refractivity contribution in [2.24, 2.45) is 0 Å². The van der Waals surface area contributed by atoms with Crippen molar-refractivity contribution in [2.75, 3.05) is 53.2 Å². The molecule has 0 bridgehead atoms. The maximum Gasteiger partial charge on any atom is 0.231 e. The standard InChI is InChI=1S/C25H27BrN2O5/c1-30-21-5-3-18(26)13-17(21)14-23-24(29)19-4-6-22-20(25(19)33-23)15-28(16-32-22)8-2-7-27-9-11-31-12-10-27/h3-6,13-14H,2,7-12,15-16H2,1H3/b23-14-. The number of allylic oxidation sites excluding steroid dienone is 1. The minimum absolute atomic E-state index is 0.126. The summed E-state index contributed by atoms with van der Waals surface area (Å²) in [5, 5.41) is 0. The van der Waals surface area contributed by atoms with E-state index in [4.69, 9.17) is 18.9 Å². The van der Waals surface area contributed by atoms with Crippen molar-refractivity contribution in [3.8, 4) is 17.2 Å². The third-order valence-electron chi connectivity index (χ3n) is 6.21. The number of benzene rings is 2. The van der Waals surface area contributed by atoms with E-state index in [1.54, 1.807) is 19.3 Å². The molecular weight excluding hydrogens is 488 g/mol. The van der Waals surface area contributed by atoms with Crippen LogP contribution >= 0.6 is 15.9 Å². The Morgan fingerprint density at radius 3 is 2.76 bits per heavy atom. The van der Waals surface area contributed by atoms with Crippen LogP contribution in [0.15, 0.2) is 40.6 Å². The van der Waals surface area contributed by atoms with Gasteiger partial charge in [0.2, 0.25) is 5.78 Å². The number of fused-ring (bicyclic) bond motifs is 3. The monoisotopic (exact) mass is 514 g/mol. The highest BCUT2D eigenvalue weighted by atomic mass is 79.9. The molecule has 0 amide bonds. The summed E-state index contributed by atoms with van der Waals surface area (Å²) in [6, 6.07) is 9.33. The van der Waals surface area contributed by atoms with E-state index in [0.717, 1.165) is 67.2 Å². The third-order valence-corrected chi connectivity index (χ3v) is 6.71. The fourth-order valence-corrected chi connectivity index (χ4v) is 4.83. The van der Waals surface area contributed by atoms with E-state index in [1.807, 2.05) is 24.3 Å². The molecule has 3 aliphatic heterocycles. The molecule has 5 rings (SSSR count). The molecule has 33 heavy (non-hydrogen) atoms. The molecule has 1 saturated heterocycles. The molecule has 2 aromatic rings. The largest absolute Gasteiger partial charge is 0.496 e. The summed E-state index contributed by atoms with van der Waals surface area (Å²) in [6.07, 6.45) is 2.80. The Kier molecular flexibility index (Phi) is 6.69. The highest BCUT2D eigenvalue weighted by Crippen LogP contribution is 2.42. The first-order valence-corrected chi connectivity index (χ1v) is 12.0. The Hall–Kier alpha value is -2.39. The van der Waals surface area contributed by atoms with Crippen LogP contribution in [0.4, 0.5) is 0 Å². The van der Waals surface area contributed by atoms with E-state index in [0.29, 0.717) is 36.1 Å². The topological polar surface area (TPSA) is 60.5 Å². The van der Waals surface area contributed by atoms with Crippen LogP contribution in [0.1, 0.15) is 27.9 Å². The predicted octanol–water partition coefficient (Wildman–Crippen LogP) is 3.95. The number of carbonyl (C=O) groups excluding carboxylic acids is 1. The third kappa shape index (κ3) is 4.80. The molecule has 0 unspecified atom stereocenters. The number of nitrogens with zero attached hydrogens (tertiary/aromatic N) is 2. The normalized spacial score (nSPS) is 19.7. The van der Waals surface area contributed by atoms with Gasteiger partial charge in [0, 0.05) is 36.2 Å². The maximum atomic E-state index is 13.1. The van der Waals surface area contributed by atoms with Gasteiger partial charge >= 0.3 is 0 Å². The molecule has 174 valence electrons. The molecule has 0 spiro atoms. The number of morpholine rings is 1. The second kappa shape index (κ2) is 9.85. The maximum absolute atomic E-state index is 13.1. The molecular formula is C25H27BrN2O5. The predicted molar refractivity (Wildman–Crippen MR) is 128 cm³/mol. The first-order valence-electron chi connectivity index (χ1n) is 11.2. The number of ketones is 1. The Morgan fingerprint density at radius 2 is 1.94 bits per heavy atom. The number of carbonyl (C=O) groups is 1. The van der Waals surface area contributed by atoms with Crippen LogP contribution < -0.4 is 14.2 Å². The summed E-state index contributed by atoms with van der Waals surface area (Å²) in [5.41, 5.74) is 2.29. The molecule has 1 fully saturated rings. The van der Waals surface area contributed by atoms with Crippen molar-refractivity contribution in [3.63, 3.8) is 0 Å². The minimum atomic E-state index is -0.126. The zero-order chi connectivity index (χ0) is 22.8. The van der Waals surface area contributed by atoms with Crippen molar-refractivity contribution in [2.45, 2.75) is 13.0 Å². The summed E-state index contributed by atoms with van der Waals surface area (Å²) in [4.78, 5) is 17.8. The summed E-state index contributed by atoms with van der Waals surface area (Å²) in [5.74, 6) is 2.23. The van der Waals surface area contributed by atoms with Gasteiger partial charge in [-0.2, -0.15) is 0 Å². The number of hydrogen-bond donors (Lipinski definition) is 0. The molecule has 0 radical (unpaired) electrons. The first-order chi connectivity index (χ1) is 16.1. The zero-order valence-electron chi connectivity index (χ0n) is 18.6. The molecule has 0 N–H and O–H groups in total. The van der Waals surface area contributed by atoms with Crippen molar-refractivity contribution >= 4 is 27.8 Å². The average molecular weight is 515 g/mol. The van der Waals surface area contributed by atoms with Gasteiger partial charge in [0.1, 0.15) is 24.0 Å². The van der Waals surface area contributed by atoms with E-state index in [2.05, 4.69) is 25.7 Å². The lowest BCUT2D eigenvalue weighted by Gasteiger charge is -2.31. The second-order valence-electron chi connectivity index (χ2n) is 8.38. The van der Waals surface area contributed by atoms with Gasteiger partial charge in [-0.3, -0.25) is 14.6 Å². The fraction of sp³-hybridized carbons (Fsp3) is 0.400. The Labute approximate surface area is 202 Å². The van der Waals surface area contributed by atoms with Gasteiger partial charge in [-0.1, -0.05) is 15.9 Å². The quantitative estimate of drug-likeness (QED) is 0.540. The minimum Gasteiger partial charge on any atom is -0.496 e. The van der Waals surface area contributed by atoms with Gasteiger partial charge in [-0.25, -0.2) is 0 Å². The van der Waals surface area contributed by atoms with E-state index in [-0.39, 0.29) is 5.78 Å². The molecule has 7 nitrogen and oxygen atoms in total. The summed E-state index contributed by atoms with van der Waals surface area (Å²) in [6.45, 7) is 6.85. The lowest BCUT2D eigenvalue weighted by atomic mass is 10.0. The number of Topliss-reactive ketones (excluding diaryl/α,β-unsaturated/α-hetero) is 1. The first kappa shape index (κ1) is 22.4. The van der Waals surface area contributed by atoms with Gasteiger partial charge in [-0.05, 0) is 49.4 Å². The SMILES string of the molecule is COc1ccc(Br)cc1/C=C1\Oc2c(ccc3c2CN(CCCN2CCOCC2)CO3)C1=O. The summed E-state index contributed by atoms with van der Waals surface area (Å²) >= 11 is 3.48. The molecule has 3 heterocycles. The lowest BCUT2D eigenvalue weighted by Crippen LogP contribution is -2.39. The number of methoxy groups -OCH3 is 1. The average Bonchev–Trinajstić information content (AvgIpc) is 3.15. The Balaban J connectivity index is 1.31. The van der Waals surface area contributed by atoms with E-state index >= 15 is 0 Å². The van der Waals surface area contributed by atoms with Gasteiger partial charge in [0.05, 0.1) is 31.5 Å². The number of rotatable bonds is 6. The summed E-state index contributed by atoms with van der Waals surface area (Å²) in [7, 11) is 1.61. The van der Waals surface area contributed by atoms with E-state index in [1.165, 1.54) is 0 Å². The van der Waals surface area contributed by atoms with E-state index in [9.17, 15) is 4.79 Å². The van der Waals surface area contributed by atoms with Gasteiger partial charge in [0.25, 0.3) is 0 Å². The Morgan fingerprint density at radius 1 is 1.12 bits per heavy atom. The molecule has 0 aliphatic carbocycles. The molecule has 2 aromatic carbocycles. The van der Waals surface area contributed by atoms with Crippen molar-refractivity contribution < 1.29 is 23.7 Å². The smallest absolute Gasteiger partial charge is 0.231 e. The number of hydrogen-bond acceptors (Lipinski definition) is 7. The molecule has 8 heteroatoms. The van der Waals surface area contributed by atoms with Gasteiger partial charge in [0.15, 0.2) is 5.76 Å². The van der Waals surface area contributed by atoms with Crippen LogP contribution in [0, 0.1) is 0 Å². The fourth-order valence-electron chi connectivity index (χ4n) is 4.45. The van der Waals surface area contributed by atoms with Crippen LogP contribution in [-0.4, -0.2) is 68.8 Å². The molecule has 0 atom stereocenters. The van der Waals surface area contributed by atoms with Crippen LogP contribution in [0.25, 0.3) is 6.08 Å². The molecule has 3 aliphatic rings. The van der Waals surface area contributed by atoms with Crippen LogP contribution in [-0.2, 0) is 11.3 Å². The van der Waals surface area contributed by atoms with E-state index < -0.39 is 0 Å². The van der Waals surface area contributed by atoms with Crippen LogP contribution in [0.5, 0.6) is 17.2 Å². The van der Waals surface area contributed by atoms with Crippen molar-refractivity contribution in [1.82, 2.24) is 9.80 Å². The summed E-state index contributed by atoms with van der Waals surface area (Å²) < 4.78 is 23.9.